The van der Waals surface area contributed by atoms with E-state index in [9.17, 15) is 14.3 Å². The van der Waals surface area contributed by atoms with Crippen molar-refractivity contribution >= 4 is 5.97 Å². The molecule has 1 N–H and O–H groups in total. The number of esters is 1. The number of hydrogen-bond donors (Lipinski definition) is 1. The summed E-state index contributed by atoms with van der Waals surface area (Å²) in [6.45, 7) is 4.02. The minimum Gasteiger partial charge on any atom is -0.466 e. The zero-order chi connectivity index (χ0) is 14.8. The van der Waals surface area contributed by atoms with Crippen LogP contribution in [0.15, 0.2) is 18.2 Å². The summed E-state index contributed by atoms with van der Waals surface area (Å²) in [6.07, 6.45) is 2.37. The highest BCUT2D eigenvalue weighted by molar-refractivity contribution is 5.74. The van der Waals surface area contributed by atoms with Gasteiger partial charge >= 0.3 is 5.97 Å². The molecule has 1 aliphatic rings. The quantitative estimate of drug-likeness (QED) is 0.844. The van der Waals surface area contributed by atoms with Crippen LogP contribution in [0.1, 0.15) is 44.2 Å². The molecule has 0 bridgehead atoms. The highest BCUT2D eigenvalue weighted by Crippen LogP contribution is 2.44. The Morgan fingerprint density at radius 2 is 2.25 bits per heavy atom. The van der Waals surface area contributed by atoms with Gasteiger partial charge < -0.3 is 9.84 Å². The molecule has 0 heterocycles. The SMILES string of the molecule is CCCC(C(=O)OCC)C1(O)CCc2cc(F)ccc21. The second-order valence-corrected chi connectivity index (χ2v) is 5.32. The molecular formula is C16H21FO3. The first-order chi connectivity index (χ1) is 9.52. The summed E-state index contributed by atoms with van der Waals surface area (Å²) in [5.74, 6) is -1.26. The first kappa shape index (κ1) is 15.0. The van der Waals surface area contributed by atoms with Gasteiger partial charge in [0.05, 0.1) is 12.5 Å². The van der Waals surface area contributed by atoms with Crippen LogP contribution >= 0.6 is 0 Å². The highest BCUT2D eigenvalue weighted by atomic mass is 19.1. The number of aryl methyl sites for hydroxylation is 1. The van der Waals surface area contributed by atoms with Crippen LogP contribution in [-0.4, -0.2) is 17.7 Å². The van der Waals surface area contributed by atoms with Crippen molar-refractivity contribution in [3.05, 3.63) is 35.1 Å². The fourth-order valence-electron chi connectivity index (χ4n) is 3.10. The lowest BCUT2D eigenvalue weighted by molar-refractivity contribution is -0.160. The molecule has 2 atom stereocenters. The third-order valence-corrected chi connectivity index (χ3v) is 4.03. The Kier molecular flexibility index (Phi) is 4.43. The fraction of sp³-hybridized carbons (Fsp3) is 0.562. The normalized spacial score (nSPS) is 22.4. The van der Waals surface area contributed by atoms with Crippen LogP contribution in [0, 0.1) is 11.7 Å². The maximum Gasteiger partial charge on any atom is 0.312 e. The summed E-state index contributed by atoms with van der Waals surface area (Å²) in [4.78, 5) is 12.1. The summed E-state index contributed by atoms with van der Waals surface area (Å²) >= 11 is 0. The largest absolute Gasteiger partial charge is 0.466 e. The standard InChI is InChI=1S/C16H21FO3/c1-3-5-14(15(18)20-4-2)16(19)9-8-11-10-12(17)6-7-13(11)16/h6-7,10,14,19H,3-5,8-9H2,1-2H3. The van der Waals surface area contributed by atoms with Gasteiger partial charge in [-0.15, -0.1) is 0 Å². The molecule has 4 heteroatoms. The molecule has 2 rings (SSSR count). The van der Waals surface area contributed by atoms with E-state index in [0.29, 0.717) is 31.4 Å². The molecule has 0 amide bonds. The van der Waals surface area contributed by atoms with Gasteiger partial charge in [-0.25, -0.2) is 4.39 Å². The van der Waals surface area contributed by atoms with Gasteiger partial charge in [0.15, 0.2) is 0 Å². The zero-order valence-corrected chi connectivity index (χ0v) is 12.0. The van der Waals surface area contributed by atoms with Crippen molar-refractivity contribution in [3.63, 3.8) is 0 Å². The molecule has 0 radical (unpaired) electrons. The highest BCUT2D eigenvalue weighted by Gasteiger charge is 2.47. The number of hydrogen-bond acceptors (Lipinski definition) is 3. The number of ether oxygens (including phenoxy) is 1. The third-order valence-electron chi connectivity index (χ3n) is 4.03. The second-order valence-electron chi connectivity index (χ2n) is 5.32. The molecule has 1 aromatic rings. The molecule has 0 spiro atoms. The van der Waals surface area contributed by atoms with Crippen LogP contribution < -0.4 is 0 Å². The molecule has 0 aromatic heterocycles. The van der Waals surface area contributed by atoms with Crippen molar-refractivity contribution < 1.29 is 19.0 Å². The Morgan fingerprint density at radius 1 is 1.50 bits per heavy atom. The second kappa shape index (κ2) is 5.92. The number of benzene rings is 1. The van der Waals surface area contributed by atoms with Crippen LogP contribution in [0.4, 0.5) is 4.39 Å². The van der Waals surface area contributed by atoms with Gasteiger partial charge in [0.25, 0.3) is 0 Å². The predicted molar refractivity (Wildman–Crippen MR) is 73.6 cm³/mol. The van der Waals surface area contributed by atoms with Crippen LogP contribution in [-0.2, 0) is 21.6 Å². The van der Waals surface area contributed by atoms with E-state index >= 15 is 0 Å². The van der Waals surface area contributed by atoms with E-state index in [1.807, 2.05) is 6.92 Å². The number of fused-ring (bicyclic) bond motifs is 1. The monoisotopic (exact) mass is 280 g/mol. The van der Waals surface area contributed by atoms with Crippen molar-refractivity contribution in [1.82, 2.24) is 0 Å². The average molecular weight is 280 g/mol. The molecule has 20 heavy (non-hydrogen) atoms. The summed E-state index contributed by atoms with van der Waals surface area (Å²) in [5.41, 5.74) is 0.231. The van der Waals surface area contributed by atoms with Gasteiger partial charge in [-0.05, 0) is 49.4 Å². The molecule has 0 fully saturated rings. The molecule has 110 valence electrons. The molecular weight excluding hydrogens is 259 g/mol. The van der Waals surface area contributed by atoms with E-state index in [1.54, 1.807) is 13.0 Å². The summed E-state index contributed by atoms with van der Waals surface area (Å²) in [6, 6.07) is 4.38. The van der Waals surface area contributed by atoms with Gasteiger partial charge in [-0.2, -0.15) is 0 Å². The van der Waals surface area contributed by atoms with E-state index in [4.69, 9.17) is 4.74 Å². The minimum absolute atomic E-state index is 0.297. The van der Waals surface area contributed by atoms with Crippen molar-refractivity contribution in [2.45, 2.75) is 45.1 Å². The molecule has 1 aliphatic carbocycles. The Balaban J connectivity index is 2.36. The Hall–Kier alpha value is -1.42. The van der Waals surface area contributed by atoms with E-state index in [-0.39, 0.29) is 11.8 Å². The average Bonchev–Trinajstić information content (AvgIpc) is 2.74. The zero-order valence-electron chi connectivity index (χ0n) is 12.0. The van der Waals surface area contributed by atoms with Crippen LogP contribution in [0.2, 0.25) is 0 Å². The number of carbonyl (C=O) groups excluding carboxylic acids is 1. The van der Waals surface area contributed by atoms with E-state index in [2.05, 4.69) is 0 Å². The molecule has 0 saturated carbocycles. The molecule has 0 saturated heterocycles. The van der Waals surface area contributed by atoms with Gasteiger partial charge in [0.1, 0.15) is 11.4 Å². The van der Waals surface area contributed by atoms with Crippen LogP contribution in [0.3, 0.4) is 0 Å². The molecule has 0 aliphatic heterocycles. The van der Waals surface area contributed by atoms with E-state index < -0.39 is 11.5 Å². The summed E-state index contributed by atoms with van der Waals surface area (Å²) in [7, 11) is 0. The summed E-state index contributed by atoms with van der Waals surface area (Å²) < 4.78 is 18.4. The van der Waals surface area contributed by atoms with E-state index in [1.165, 1.54) is 12.1 Å². The van der Waals surface area contributed by atoms with Crippen LogP contribution in [0.5, 0.6) is 0 Å². The molecule has 3 nitrogen and oxygen atoms in total. The minimum atomic E-state index is -1.23. The first-order valence-electron chi connectivity index (χ1n) is 7.20. The van der Waals surface area contributed by atoms with Crippen LogP contribution in [0.25, 0.3) is 0 Å². The Labute approximate surface area is 118 Å². The van der Waals surface area contributed by atoms with Gasteiger partial charge in [0, 0.05) is 0 Å². The smallest absolute Gasteiger partial charge is 0.312 e. The van der Waals surface area contributed by atoms with Gasteiger partial charge in [-0.3, -0.25) is 4.79 Å². The lowest BCUT2D eigenvalue weighted by Gasteiger charge is -2.32. The number of carbonyl (C=O) groups is 1. The number of halogens is 1. The Bertz CT molecular complexity index is 500. The maximum atomic E-state index is 13.3. The first-order valence-corrected chi connectivity index (χ1v) is 7.20. The van der Waals surface area contributed by atoms with Crippen molar-refractivity contribution in [2.75, 3.05) is 6.61 Å². The third kappa shape index (κ3) is 2.57. The lowest BCUT2D eigenvalue weighted by atomic mass is 9.80. The fourth-order valence-corrected chi connectivity index (χ4v) is 3.10. The topological polar surface area (TPSA) is 46.5 Å². The van der Waals surface area contributed by atoms with Crippen molar-refractivity contribution in [1.29, 1.82) is 0 Å². The number of rotatable bonds is 5. The van der Waals surface area contributed by atoms with Crippen molar-refractivity contribution in [2.24, 2.45) is 5.92 Å². The van der Waals surface area contributed by atoms with Gasteiger partial charge in [-0.1, -0.05) is 19.4 Å². The summed E-state index contributed by atoms with van der Waals surface area (Å²) in [5, 5.41) is 11.0. The molecule has 2 unspecified atom stereocenters. The predicted octanol–water partition coefficient (Wildman–Crippen LogP) is 2.94. The van der Waals surface area contributed by atoms with Crippen molar-refractivity contribution in [3.8, 4) is 0 Å². The maximum absolute atomic E-state index is 13.3. The lowest BCUT2D eigenvalue weighted by Crippen LogP contribution is -2.39. The van der Waals surface area contributed by atoms with Gasteiger partial charge in [0.2, 0.25) is 0 Å². The van der Waals surface area contributed by atoms with E-state index in [0.717, 1.165) is 12.0 Å². The number of aliphatic hydroxyl groups is 1. The molecule has 1 aromatic carbocycles. The Morgan fingerprint density at radius 3 is 2.90 bits per heavy atom.